The summed E-state index contributed by atoms with van der Waals surface area (Å²) < 4.78 is 14.3. The minimum absolute atomic E-state index is 0.152. The van der Waals surface area contributed by atoms with E-state index >= 15 is 0 Å². The quantitative estimate of drug-likeness (QED) is 0.745. The molecule has 0 radical (unpaired) electrons. The van der Waals surface area contributed by atoms with Gasteiger partial charge in [0.05, 0.1) is 5.56 Å². The van der Waals surface area contributed by atoms with E-state index in [1.807, 2.05) is 12.1 Å². The van der Waals surface area contributed by atoms with E-state index in [1.54, 1.807) is 18.2 Å². The number of benzene rings is 2. The van der Waals surface area contributed by atoms with Crippen LogP contribution in [-0.2, 0) is 0 Å². The van der Waals surface area contributed by atoms with Crippen LogP contribution >= 0.6 is 15.9 Å². The Labute approximate surface area is 154 Å². The Morgan fingerprint density at radius 3 is 2.16 bits per heavy atom. The Bertz CT molecular complexity index is 761. The van der Waals surface area contributed by atoms with Crippen molar-refractivity contribution in [3.8, 4) is 0 Å². The monoisotopic (exact) mass is 407 g/mol. The van der Waals surface area contributed by atoms with Crippen LogP contribution in [-0.4, -0.2) is 24.9 Å². The van der Waals surface area contributed by atoms with Crippen molar-refractivity contribution < 1.29 is 14.0 Å². The van der Waals surface area contributed by atoms with E-state index in [1.165, 1.54) is 12.1 Å². The molecule has 0 aliphatic carbocycles. The van der Waals surface area contributed by atoms with Gasteiger partial charge in [-0.25, -0.2) is 4.39 Å². The topological polar surface area (TPSA) is 61.4 Å². The Hall–Kier alpha value is -2.41. The lowest BCUT2D eigenvalue weighted by atomic mass is 10.2. The first-order chi connectivity index (χ1) is 12.0. The molecule has 0 heterocycles. The molecule has 0 aromatic heterocycles. The van der Waals surface area contributed by atoms with E-state index in [4.69, 9.17) is 0 Å². The summed E-state index contributed by atoms with van der Waals surface area (Å²) in [5.41, 5.74) is 5.76. The van der Waals surface area contributed by atoms with E-state index < -0.39 is 17.6 Å². The van der Waals surface area contributed by atoms with Gasteiger partial charge >= 0.3 is 0 Å². The Balaban J connectivity index is 1.99. The fourth-order valence-corrected chi connectivity index (χ4v) is 2.67. The SMILES string of the molecule is CCN(CC)c1ccc(C(=O)NNC(=O)c2ccc(Br)cc2F)cc1. The van der Waals surface area contributed by atoms with E-state index in [9.17, 15) is 14.0 Å². The molecule has 2 aromatic carbocycles. The predicted molar refractivity (Wildman–Crippen MR) is 99.0 cm³/mol. The Kier molecular flexibility index (Phi) is 6.52. The normalized spacial score (nSPS) is 10.2. The number of carbonyl (C=O) groups is 2. The van der Waals surface area contributed by atoms with Crippen molar-refractivity contribution in [3.63, 3.8) is 0 Å². The number of halogens is 2. The lowest BCUT2D eigenvalue weighted by molar-refractivity contribution is 0.0844. The summed E-state index contributed by atoms with van der Waals surface area (Å²) in [5, 5.41) is 0. The largest absolute Gasteiger partial charge is 0.372 e. The van der Waals surface area contributed by atoms with E-state index in [2.05, 4.69) is 45.5 Å². The van der Waals surface area contributed by atoms with Gasteiger partial charge in [-0.2, -0.15) is 0 Å². The standard InChI is InChI=1S/C18H19BrFN3O2/c1-3-23(4-2)14-8-5-12(6-9-14)17(24)21-22-18(25)15-10-7-13(19)11-16(15)20/h5-11H,3-4H2,1-2H3,(H,21,24)(H,22,25). The minimum Gasteiger partial charge on any atom is -0.372 e. The molecule has 2 rings (SSSR count). The lowest BCUT2D eigenvalue weighted by Crippen LogP contribution is -2.41. The maximum Gasteiger partial charge on any atom is 0.272 e. The molecular weight excluding hydrogens is 389 g/mol. The maximum absolute atomic E-state index is 13.7. The van der Waals surface area contributed by atoms with Gasteiger partial charge in [-0.15, -0.1) is 0 Å². The number of carbonyl (C=O) groups excluding carboxylic acids is 2. The number of amides is 2. The van der Waals surface area contributed by atoms with Crippen LogP contribution in [0.2, 0.25) is 0 Å². The predicted octanol–water partition coefficient (Wildman–Crippen LogP) is 3.51. The smallest absolute Gasteiger partial charge is 0.272 e. The van der Waals surface area contributed by atoms with Crippen LogP contribution in [0.25, 0.3) is 0 Å². The van der Waals surface area contributed by atoms with Crippen molar-refractivity contribution in [2.75, 3.05) is 18.0 Å². The third kappa shape index (κ3) is 4.79. The molecule has 0 aliphatic heterocycles. The maximum atomic E-state index is 13.7. The lowest BCUT2D eigenvalue weighted by Gasteiger charge is -2.21. The molecule has 0 saturated heterocycles. The van der Waals surface area contributed by atoms with Crippen LogP contribution < -0.4 is 15.8 Å². The minimum atomic E-state index is -0.724. The second kappa shape index (κ2) is 8.62. The van der Waals surface area contributed by atoms with E-state index in [0.717, 1.165) is 18.8 Å². The highest BCUT2D eigenvalue weighted by atomic mass is 79.9. The van der Waals surface area contributed by atoms with Crippen molar-refractivity contribution in [2.45, 2.75) is 13.8 Å². The molecule has 0 aliphatic rings. The molecule has 0 spiro atoms. The Morgan fingerprint density at radius 2 is 1.60 bits per heavy atom. The summed E-state index contributed by atoms with van der Waals surface area (Å²) in [6.45, 7) is 5.86. The highest BCUT2D eigenvalue weighted by Gasteiger charge is 2.13. The van der Waals surface area contributed by atoms with Crippen molar-refractivity contribution in [1.82, 2.24) is 10.9 Å². The zero-order valence-corrected chi connectivity index (χ0v) is 15.6. The van der Waals surface area contributed by atoms with Gasteiger partial charge in [0.1, 0.15) is 5.82 Å². The zero-order chi connectivity index (χ0) is 18.4. The zero-order valence-electron chi connectivity index (χ0n) is 14.0. The number of anilines is 1. The summed E-state index contributed by atoms with van der Waals surface area (Å²) in [5.74, 6) is -1.88. The van der Waals surface area contributed by atoms with Crippen LogP contribution in [0.5, 0.6) is 0 Å². The summed E-state index contributed by atoms with van der Waals surface area (Å²) >= 11 is 3.12. The second-order valence-corrected chi connectivity index (χ2v) is 6.17. The van der Waals surface area contributed by atoms with Crippen LogP contribution in [0.3, 0.4) is 0 Å². The van der Waals surface area contributed by atoms with E-state index in [-0.39, 0.29) is 5.56 Å². The average molecular weight is 408 g/mol. The molecule has 0 saturated carbocycles. The van der Waals surface area contributed by atoms with Crippen molar-refractivity contribution in [1.29, 1.82) is 0 Å². The summed E-state index contributed by atoms with van der Waals surface area (Å²) in [6, 6.07) is 11.1. The van der Waals surface area contributed by atoms with E-state index in [0.29, 0.717) is 10.0 Å². The Morgan fingerprint density at radius 1 is 1.00 bits per heavy atom. The highest BCUT2D eigenvalue weighted by Crippen LogP contribution is 2.16. The van der Waals surface area contributed by atoms with Crippen LogP contribution in [0.15, 0.2) is 46.9 Å². The molecule has 2 amide bonds. The van der Waals surface area contributed by atoms with Gasteiger partial charge in [0.25, 0.3) is 11.8 Å². The fourth-order valence-electron chi connectivity index (χ4n) is 2.34. The first kappa shape index (κ1) is 18.9. The molecule has 132 valence electrons. The molecule has 2 aromatic rings. The fraction of sp³-hybridized carbons (Fsp3) is 0.222. The van der Waals surface area contributed by atoms with Gasteiger partial charge in [0.2, 0.25) is 0 Å². The average Bonchev–Trinajstić information content (AvgIpc) is 2.61. The van der Waals surface area contributed by atoms with Crippen molar-refractivity contribution in [2.24, 2.45) is 0 Å². The first-order valence-electron chi connectivity index (χ1n) is 7.87. The van der Waals surface area contributed by atoms with Gasteiger partial charge in [-0.3, -0.25) is 20.4 Å². The molecule has 0 bridgehead atoms. The number of hydrogen-bond acceptors (Lipinski definition) is 3. The number of nitrogens with zero attached hydrogens (tertiary/aromatic N) is 1. The van der Waals surface area contributed by atoms with Gasteiger partial charge in [0, 0.05) is 28.8 Å². The molecule has 7 heteroatoms. The third-order valence-corrected chi connectivity index (χ3v) is 4.22. The van der Waals surface area contributed by atoms with Crippen molar-refractivity contribution >= 4 is 33.4 Å². The molecule has 25 heavy (non-hydrogen) atoms. The number of hydrogen-bond donors (Lipinski definition) is 2. The summed E-state index contributed by atoms with van der Waals surface area (Å²) in [4.78, 5) is 26.2. The molecule has 0 atom stereocenters. The highest BCUT2D eigenvalue weighted by molar-refractivity contribution is 9.10. The molecular formula is C18H19BrFN3O2. The summed E-state index contributed by atoms with van der Waals surface area (Å²) in [7, 11) is 0. The van der Waals surface area contributed by atoms with Crippen LogP contribution in [0, 0.1) is 5.82 Å². The van der Waals surface area contributed by atoms with Crippen molar-refractivity contribution in [3.05, 3.63) is 63.9 Å². The number of nitrogens with one attached hydrogen (secondary N) is 2. The molecule has 0 fully saturated rings. The van der Waals surface area contributed by atoms with Crippen LogP contribution in [0.4, 0.5) is 10.1 Å². The second-order valence-electron chi connectivity index (χ2n) is 5.25. The first-order valence-corrected chi connectivity index (χ1v) is 8.66. The summed E-state index contributed by atoms with van der Waals surface area (Å²) in [6.07, 6.45) is 0. The van der Waals surface area contributed by atoms with Gasteiger partial charge in [-0.05, 0) is 56.3 Å². The number of hydrazine groups is 1. The molecule has 0 unspecified atom stereocenters. The third-order valence-electron chi connectivity index (χ3n) is 3.72. The number of rotatable bonds is 5. The molecule has 2 N–H and O–H groups in total. The van der Waals surface area contributed by atoms with Crippen LogP contribution in [0.1, 0.15) is 34.6 Å². The van der Waals surface area contributed by atoms with Gasteiger partial charge in [-0.1, -0.05) is 15.9 Å². The van der Waals surface area contributed by atoms with Gasteiger partial charge < -0.3 is 4.90 Å². The van der Waals surface area contributed by atoms with Gasteiger partial charge in [0.15, 0.2) is 0 Å². The molecule has 5 nitrogen and oxygen atoms in total.